The Bertz CT molecular complexity index is 695. The minimum atomic E-state index is -0.674. The first kappa shape index (κ1) is 25.3. The van der Waals surface area contributed by atoms with Gasteiger partial charge >= 0.3 is 0 Å². The molecule has 0 aliphatic carbocycles. The molecule has 1 aromatic heterocycles. The average molecular weight is 517 g/mol. The largest absolute Gasteiger partial charge is 0.491 e. The lowest BCUT2D eigenvalue weighted by Gasteiger charge is -2.14. The van der Waals surface area contributed by atoms with Crippen molar-refractivity contribution in [3.63, 3.8) is 0 Å². The number of nitrogens with one attached hydrogen (secondary N) is 2. The third-order valence-electron chi connectivity index (χ3n) is 3.82. The number of halogens is 1. The summed E-state index contributed by atoms with van der Waals surface area (Å²) in [6.07, 6.45) is 1.80. The lowest BCUT2D eigenvalue weighted by molar-refractivity contribution is 0.105. The predicted octanol–water partition coefficient (Wildman–Crippen LogP) is 3.11. The number of hydrogen-bond acceptors (Lipinski definition) is 5. The van der Waals surface area contributed by atoms with Crippen LogP contribution in [0.25, 0.3) is 0 Å². The van der Waals surface area contributed by atoms with Crippen molar-refractivity contribution in [2.45, 2.75) is 33.0 Å². The number of furan rings is 1. The molecule has 0 fully saturated rings. The summed E-state index contributed by atoms with van der Waals surface area (Å²) in [6, 6.07) is 11.5. The van der Waals surface area contributed by atoms with E-state index in [0.717, 1.165) is 36.6 Å². The van der Waals surface area contributed by atoms with Crippen LogP contribution in [-0.2, 0) is 11.3 Å². The zero-order valence-electron chi connectivity index (χ0n) is 17.1. The lowest BCUT2D eigenvalue weighted by atomic mass is 10.2. The third kappa shape index (κ3) is 11.1. The van der Waals surface area contributed by atoms with Gasteiger partial charge in [0.1, 0.15) is 30.8 Å². The van der Waals surface area contributed by atoms with Crippen LogP contribution in [0.15, 0.2) is 52.1 Å². The van der Waals surface area contributed by atoms with Crippen molar-refractivity contribution in [2.24, 2.45) is 4.99 Å². The van der Waals surface area contributed by atoms with Gasteiger partial charge < -0.3 is 29.6 Å². The Balaban J connectivity index is 0.00000420. The van der Waals surface area contributed by atoms with Crippen molar-refractivity contribution in [3.8, 4) is 5.75 Å². The minimum Gasteiger partial charge on any atom is -0.491 e. The molecule has 162 valence electrons. The van der Waals surface area contributed by atoms with E-state index in [1.165, 1.54) is 0 Å². The van der Waals surface area contributed by atoms with Gasteiger partial charge in [0, 0.05) is 19.7 Å². The summed E-state index contributed by atoms with van der Waals surface area (Å²) in [6.45, 7) is 7.04. The quantitative estimate of drug-likeness (QED) is 0.174. The number of aliphatic hydroxyl groups excluding tert-OH is 1. The van der Waals surface area contributed by atoms with Gasteiger partial charge in [0.15, 0.2) is 5.96 Å². The van der Waals surface area contributed by atoms with Crippen LogP contribution in [0.3, 0.4) is 0 Å². The molecule has 7 nitrogen and oxygen atoms in total. The number of aryl methyl sites for hydroxylation is 1. The van der Waals surface area contributed by atoms with Crippen LogP contribution in [0.4, 0.5) is 0 Å². The van der Waals surface area contributed by atoms with Crippen molar-refractivity contribution in [2.75, 3.05) is 32.8 Å². The van der Waals surface area contributed by atoms with E-state index in [2.05, 4.69) is 15.6 Å². The van der Waals surface area contributed by atoms with Gasteiger partial charge in [-0.05, 0) is 50.1 Å². The van der Waals surface area contributed by atoms with Crippen LogP contribution in [0.2, 0.25) is 0 Å². The van der Waals surface area contributed by atoms with Gasteiger partial charge in [-0.2, -0.15) is 0 Å². The molecule has 2 aromatic rings. The molecule has 1 aromatic carbocycles. The molecule has 0 bridgehead atoms. The van der Waals surface area contributed by atoms with Crippen molar-refractivity contribution >= 4 is 29.9 Å². The Kier molecular flexibility index (Phi) is 13.2. The van der Waals surface area contributed by atoms with Crippen molar-refractivity contribution in [1.29, 1.82) is 0 Å². The van der Waals surface area contributed by atoms with Crippen molar-refractivity contribution in [1.82, 2.24) is 10.6 Å². The monoisotopic (exact) mass is 517 g/mol. The van der Waals surface area contributed by atoms with Crippen LogP contribution in [0, 0.1) is 6.92 Å². The Morgan fingerprint density at radius 1 is 1.24 bits per heavy atom. The number of benzene rings is 1. The van der Waals surface area contributed by atoms with Gasteiger partial charge in [-0.15, -0.1) is 24.0 Å². The highest BCUT2D eigenvalue weighted by atomic mass is 127. The summed E-state index contributed by atoms with van der Waals surface area (Å²) in [5.41, 5.74) is 1.12. The first-order valence-corrected chi connectivity index (χ1v) is 9.67. The van der Waals surface area contributed by atoms with E-state index in [4.69, 9.17) is 13.9 Å². The summed E-state index contributed by atoms with van der Waals surface area (Å²) in [7, 11) is 0. The number of guanidine groups is 1. The highest BCUT2D eigenvalue weighted by molar-refractivity contribution is 14.0. The number of aliphatic hydroxyl groups is 1. The third-order valence-corrected chi connectivity index (χ3v) is 3.82. The lowest BCUT2D eigenvalue weighted by Crippen LogP contribution is -2.39. The van der Waals surface area contributed by atoms with E-state index in [-0.39, 0.29) is 37.1 Å². The molecule has 0 radical (unpaired) electrons. The standard InChI is InChI=1S/C21H31N3O4.HI/c1-3-22-21(23-10-6-11-26-16-20-9-5-12-27-20)24-14-18(25)15-28-19-8-4-7-17(2)13-19;/h4-5,7-9,12-13,18,25H,3,6,10-11,14-16H2,1-2H3,(H2,22,23,24);1H. The molecule has 0 aliphatic rings. The number of hydrogen-bond donors (Lipinski definition) is 3. The van der Waals surface area contributed by atoms with Gasteiger partial charge in [-0.25, -0.2) is 0 Å². The number of rotatable bonds is 12. The van der Waals surface area contributed by atoms with Crippen LogP contribution >= 0.6 is 24.0 Å². The highest BCUT2D eigenvalue weighted by Crippen LogP contribution is 2.12. The molecule has 2 rings (SSSR count). The van der Waals surface area contributed by atoms with Gasteiger partial charge in [-0.1, -0.05) is 12.1 Å². The van der Waals surface area contributed by atoms with E-state index >= 15 is 0 Å². The van der Waals surface area contributed by atoms with Crippen molar-refractivity contribution in [3.05, 3.63) is 54.0 Å². The SMILES string of the molecule is CCNC(=NCC(O)COc1cccc(C)c1)NCCCOCc1ccco1.I. The average Bonchev–Trinajstić information content (AvgIpc) is 3.20. The summed E-state index contributed by atoms with van der Waals surface area (Å²) in [4.78, 5) is 4.41. The first-order chi connectivity index (χ1) is 13.7. The van der Waals surface area contributed by atoms with E-state index in [1.807, 2.05) is 50.2 Å². The Morgan fingerprint density at radius 3 is 2.83 bits per heavy atom. The Morgan fingerprint density at radius 2 is 2.10 bits per heavy atom. The predicted molar refractivity (Wildman–Crippen MR) is 125 cm³/mol. The topological polar surface area (TPSA) is 88.3 Å². The second-order valence-electron chi connectivity index (χ2n) is 6.41. The molecular formula is C21H32IN3O4. The molecule has 0 aliphatic heterocycles. The first-order valence-electron chi connectivity index (χ1n) is 9.67. The van der Waals surface area contributed by atoms with Crippen LogP contribution in [0.1, 0.15) is 24.7 Å². The second kappa shape index (κ2) is 15.1. The molecule has 1 atom stereocenters. The normalized spacial score (nSPS) is 12.2. The van der Waals surface area contributed by atoms with Gasteiger partial charge in [0.25, 0.3) is 0 Å². The number of ether oxygens (including phenoxy) is 2. The maximum absolute atomic E-state index is 10.1. The highest BCUT2D eigenvalue weighted by Gasteiger charge is 2.06. The number of aliphatic imine (C=N–C) groups is 1. The van der Waals surface area contributed by atoms with Crippen LogP contribution in [-0.4, -0.2) is 50.0 Å². The minimum absolute atomic E-state index is 0. The summed E-state index contributed by atoms with van der Waals surface area (Å²) >= 11 is 0. The zero-order chi connectivity index (χ0) is 20.0. The zero-order valence-corrected chi connectivity index (χ0v) is 19.4. The van der Waals surface area contributed by atoms with Crippen LogP contribution < -0.4 is 15.4 Å². The van der Waals surface area contributed by atoms with E-state index < -0.39 is 6.10 Å². The molecule has 1 heterocycles. The van der Waals surface area contributed by atoms with Gasteiger partial charge in [0.2, 0.25) is 0 Å². The summed E-state index contributed by atoms with van der Waals surface area (Å²) in [5, 5.41) is 16.5. The molecule has 0 amide bonds. The van der Waals surface area contributed by atoms with Crippen molar-refractivity contribution < 1.29 is 19.0 Å². The van der Waals surface area contributed by atoms with Gasteiger partial charge in [-0.3, -0.25) is 4.99 Å². The second-order valence-corrected chi connectivity index (χ2v) is 6.41. The molecule has 29 heavy (non-hydrogen) atoms. The summed E-state index contributed by atoms with van der Waals surface area (Å²) < 4.78 is 16.4. The maximum atomic E-state index is 10.1. The molecular weight excluding hydrogens is 485 g/mol. The Hall–Kier alpha value is -1.78. The van der Waals surface area contributed by atoms with E-state index in [1.54, 1.807) is 6.26 Å². The van der Waals surface area contributed by atoms with Gasteiger partial charge in [0.05, 0.1) is 12.8 Å². The fourth-order valence-corrected chi connectivity index (χ4v) is 2.44. The van der Waals surface area contributed by atoms with E-state index in [0.29, 0.717) is 19.2 Å². The molecule has 0 spiro atoms. The maximum Gasteiger partial charge on any atom is 0.191 e. The van der Waals surface area contributed by atoms with Crippen LogP contribution in [0.5, 0.6) is 5.75 Å². The number of nitrogens with zero attached hydrogens (tertiary/aromatic N) is 1. The molecule has 1 unspecified atom stereocenters. The smallest absolute Gasteiger partial charge is 0.191 e. The Labute approximate surface area is 189 Å². The molecule has 8 heteroatoms. The molecule has 3 N–H and O–H groups in total. The summed E-state index contributed by atoms with van der Waals surface area (Å²) in [5.74, 6) is 2.25. The fraction of sp³-hybridized carbons (Fsp3) is 0.476. The fourth-order valence-electron chi connectivity index (χ4n) is 2.44. The molecule has 0 saturated carbocycles. The van der Waals surface area contributed by atoms with E-state index in [9.17, 15) is 5.11 Å². The molecule has 0 saturated heterocycles.